The smallest absolute Gasteiger partial charge is 0.306 e. The summed E-state index contributed by atoms with van der Waals surface area (Å²) < 4.78 is 10.3. The molecule has 5 nitrogen and oxygen atoms in total. The van der Waals surface area contributed by atoms with Crippen LogP contribution in [0.2, 0.25) is 0 Å². The van der Waals surface area contributed by atoms with Gasteiger partial charge in [0.15, 0.2) is 6.10 Å². The Bertz CT molecular complexity index is 604. The van der Waals surface area contributed by atoms with Crippen LogP contribution in [-0.4, -0.2) is 36.4 Å². The third-order valence-corrected chi connectivity index (χ3v) is 5.13. The highest BCUT2D eigenvalue weighted by Gasteiger charge is 2.15. The van der Waals surface area contributed by atoms with Gasteiger partial charge in [-0.1, -0.05) is 94.6 Å². The summed E-state index contributed by atoms with van der Waals surface area (Å²) in [4.78, 5) is 23.7. The number of carbonyl (C=O) groups excluding carboxylic acids is 2. The van der Waals surface area contributed by atoms with E-state index in [9.17, 15) is 14.7 Å². The fraction of sp³-hybridized carbons (Fsp3) is 0.655. The van der Waals surface area contributed by atoms with Crippen molar-refractivity contribution in [3.63, 3.8) is 0 Å². The molecule has 0 fully saturated rings. The van der Waals surface area contributed by atoms with Crippen molar-refractivity contribution >= 4 is 11.9 Å². The third-order valence-electron chi connectivity index (χ3n) is 5.13. The summed E-state index contributed by atoms with van der Waals surface area (Å²) in [5.74, 6) is -0.767. The molecule has 0 aliphatic heterocycles. The largest absolute Gasteiger partial charge is 0.462 e. The van der Waals surface area contributed by atoms with E-state index in [1.54, 1.807) is 0 Å². The van der Waals surface area contributed by atoms with Crippen molar-refractivity contribution in [1.29, 1.82) is 0 Å². The van der Waals surface area contributed by atoms with Gasteiger partial charge in [0.05, 0.1) is 6.61 Å². The van der Waals surface area contributed by atoms with Crippen LogP contribution >= 0.6 is 0 Å². The van der Waals surface area contributed by atoms with Gasteiger partial charge in [-0.2, -0.15) is 0 Å². The fourth-order valence-electron chi connectivity index (χ4n) is 3.13. The molecule has 0 aliphatic carbocycles. The van der Waals surface area contributed by atoms with E-state index in [2.05, 4.69) is 44.2 Å². The zero-order chi connectivity index (χ0) is 25.1. The van der Waals surface area contributed by atoms with Crippen LogP contribution < -0.4 is 0 Å². The molecular weight excluding hydrogens is 428 g/mol. The van der Waals surface area contributed by atoms with Gasteiger partial charge in [0.25, 0.3) is 0 Å². The van der Waals surface area contributed by atoms with Gasteiger partial charge >= 0.3 is 11.9 Å². The summed E-state index contributed by atoms with van der Waals surface area (Å²) >= 11 is 0. The Labute approximate surface area is 208 Å². The number of carbonyl (C=O) groups is 2. The topological polar surface area (TPSA) is 72.8 Å². The lowest BCUT2D eigenvalue weighted by Gasteiger charge is -2.15. The maximum Gasteiger partial charge on any atom is 0.306 e. The van der Waals surface area contributed by atoms with Crippen LogP contribution in [0.3, 0.4) is 0 Å². The molecule has 0 spiro atoms. The molecule has 0 rings (SSSR count). The lowest BCUT2D eigenvalue weighted by molar-refractivity contribution is -0.161. The number of rotatable bonds is 22. The lowest BCUT2D eigenvalue weighted by Crippen LogP contribution is -2.28. The molecule has 0 amide bonds. The van der Waals surface area contributed by atoms with E-state index in [0.717, 1.165) is 25.7 Å². The first-order chi connectivity index (χ1) is 16.6. The van der Waals surface area contributed by atoms with E-state index in [1.165, 1.54) is 38.5 Å². The molecule has 0 bridgehead atoms. The molecule has 0 saturated carbocycles. The first kappa shape index (κ1) is 31.9. The molecule has 0 aromatic rings. The highest BCUT2D eigenvalue weighted by Crippen LogP contribution is 2.07. The van der Waals surface area contributed by atoms with Crippen molar-refractivity contribution in [3.8, 4) is 0 Å². The maximum absolute atomic E-state index is 11.9. The van der Waals surface area contributed by atoms with Gasteiger partial charge in [-0.05, 0) is 44.9 Å². The zero-order valence-corrected chi connectivity index (χ0v) is 21.6. The van der Waals surface area contributed by atoms with Gasteiger partial charge < -0.3 is 14.6 Å². The minimum absolute atomic E-state index is 0.121. The first-order valence-electron chi connectivity index (χ1n) is 13.2. The summed E-state index contributed by atoms with van der Waals surface area (Å²) in [7, 11) is 0. The molecule has 0 aromatic heterocycles. The zero-order valence-electron chi connectivity index (χ0n) is 21.6. The second kappa shape index (κ2) is 25.5. The summed E-state index contributed by atoms with van der Waals surface area (Å²) in [6, 6.07) is 0. The van der Waals surface area contributed by atoms with Crippen LogP contribution in [0.1, 0.15) is 104 Å². The normalized spacial score (nSPS) is 12.9. The minimum Gasteiger partial charge on any atom is -0.462 e. The summed E-state index contributed by atoms with van der Waals surface area (Å²) in [5, 5.41) is 9.37. The predicted octanol–water partition coefficient (Wildman–Crippen LogP) is 7.16. The van der Waals surface area contributed by atoms with Gasteiger partial charge in [0, 0.05) is 12.8 Å². The van der Waals surface area contributed by atoms with Crippen LogP contribution in [0.15, 0.2) is 48.6 Å². The van der Waals surface area contributed by atoms with E-state index in [0.29, 0.717) is 12.8 Å². The van der Waals surface area contributed by atoms with Gasteiger partial charge in [0.2, 0.25) is 0 Å². The van der Waals surface area contributed by atoms with E-state index >= 15 is 0 Å². The highest BCUT2D eigenvalue weighted by atomic mass is 16.6. The number of aliphatic hydroxyl groups excluding tert-OH is 1. The van der Waals surface area contributed by atoms with E-state index < -0.39 is 12.1 Å². The fourth-order valence-corrected chi connectivity index (χ4v) is 3.13. The molecule has 0 aliphatic rings. The molecule has 194 valence electrons. The molecule has 0 saturated heterocycles. The van der Waals surface area contributed by atoms with Crippen LogP contribution in [0, 0.1) is 0 Å². The molecule has 0 radical (unpaired) electrons. The highest BCUT2D eigenvalue weighted by molar-refractivity contribution is 5.70. The van der Waals surface area contributed by atoms with Crippen molar-refractivity contribution in [3.05, 3.63) is 48.6 Å². The molecular formula is C29H48O5. The molecule has 1 unspecified atom stereocenters. The van der Waals surface area contributed by atoms with E-state index in [4.69, 9.17) is 9.47 Å². The van der Waals surface area contributed by atoms with Crippen LogP contribution in [0.25, 0.3) is 0 Å². The number of ether oxygens (including phenoxy) is 2. The maximum atomic E-state index is 11.9. The Balaban J connectivity index is 3.80. The Kier molecular flexibility index (Phi) is 23.9. The standard InChI is InChI=1S/C29H48O5/c1-3-5-7-9-11-12-13-14-15-16-18-19-21-23-28(31)33-26-27(25-30)34-29(32)24-22-20-17-10-8-6-4-2/h6,8,14-15,17-20,27,30H,3-5,7,9-13,16,21-26H2,1-2H3/b8-6+,15-14+,19-18+,20-17+. The Morgan fingerprint density at radius 2 is 1.26 bits per heavy atom. The second-order valence-electron chi connectivity index (χ2n) is 8.38. The van der Waals surface area contributed by atoms with Gasteiger partial charge in [-0.3, -0.25) is 9.59 Å². The average Bonchev–Trinajstić information content (AvgIpc) is 2.84. The van der Waals surface area contributed by atoms with Crippen LogP contribution in [0.5, 0.6) is 0 Å². The minimum atomic E-state index is -0.819. The first-order valence-corrected chi connectivity index (χ1v) is 13.2. The quantitative estimate of drug-likeness (QED) is 0.102. The molecule has 0 heterocycles. The SMILES string of the molecule is CC/C=C/C/C=C/CCC(=O)OC(CO)COC(=O)CC/C=C/C/C=C/CCCCCCCC. The van der Waals surface area contributed by atoms with Gasteiger partial charge in [-0.15, -0.1) is 0 Å². The average molecular weight is 477 g/mol. The number of hydrogen-bond donors (Lipinski definition) is 1. The van der Waals surface area contributed by atoms with Crippen molar-refractivity contribution in [2.24, 2.45) is 0 Å². The number of aliphatic hydroxyl groups is 1. The Morgan fingerprint density at radius 1 is 0.706 bits per heavy atom. The van der Waals surface area contributed by atoms with E-state index in [-0.39, 0.29) is 32.0 Å². The summed E-state index contributed by atoms with van der Waals surface area (Å²) in [5.41, 5.74) is 0. The monoisotopic (exact) mass is 476 g/mol. The third kappa shape index (κ3) is 23.0. The number of allylic oxidation sites excluding steroid dienone is 8. The second-order valence-corrected chi connectivity index (χ2v) is 8.38. The molecule has 0 aromatic carbocycles. The van der Waals surface area contributed by atoms with Crippen LogP contribution in [-0.2, 0) is 19.1 Å². The van der Waals surface area contributed by atoms with Gasteiger partial charge in [0.1, 0.15) is 6.61 Å². The lowest BCUT2D eigenvalue weighted by atomic mass is 10.1. The number of esters is 2. The Hall–Kier alpha value is -2.14. The van der Waals surface area contributed by atoms with E-state index in [1.807, 2.05) is 18.2 Å². The van der Waals surface area contributed by atoms with Gasteiger partial charge in [-0.25, -0.2) is 0 Å². The van der Waals surface area contributed by atoms with Crippen molar-refractivity contribution in [1.82, 2.24) is 0 Å². The molecule has 1 atom stereocenters. The molecule has 5 heteroatoms. The van der Waals surface area contributed by atoms with Crippen LogP contribution in [0.4, 0.5) is 0 Å². The van der Waals surface area contributed by atoms with Crippen molar-refractivity contribution < 1.29 is 24.2 Å². The summed E-state index contributed by atoms with van der Waals surface area (Å²) in [6.07, 6.45) is 29.2. The van der Waals surface area contributed by atoms with Crippen molar-refractivity contribution in [2.45, 2.75) is 110 Å². The predicted molar refractivity (Wildman–Crippen MR) is 140 cm³/mol. The molecule has 1 N–H and O–H groups in total. The summed E-state index contributed by atoms with van der Waals surface area (Å²) in [6.45, 7) is 3.83. The molecule has 34 heavy (non-hydrogen) atoms. The number of hydrogen-bond acceptors (Lipinski definition) is 5. The van der Waals surface area contributed by atoms with Crippen molar-refractivity contribution in [2.75, 3.05) is 13.2 Å². The number of unbranched alkanes of at least 4 members (excludes halogenated alkanes) is 6. The Morgan fingerprint density at radius 3 is 1.88 bits per heavy atom.